The molecule has 1 fully saturated rings. The van der Waals surface area contributed by atoms with Gasteiger partial charge in [-0.1, -0.05) is 331 Å². The van der Waals surface area contributed by atoms with Crippen LogP contribution in [0.5, 0.6) is 0 Å². The topological polar surface area (TPSA) is 175 Å². The first-order chi connectivity index (χ1) is 45.2. The molecule has 1 saturated heterocycles. The molecule has 1 rings (SSSR count). The van der Waals surface area contributed by atoms with Crippen LogP contribution in [0.2, 0.25) is 0 Å². The summed E-state index contributed by atoms with van der Waals surface area (Å²) in [5, 5.41) is 54.4. The van der Waals surface area contributed by atoms with E-state index in [-0.39, 0.29) is 18.5 Å². The van der Waals surface area contributed by atoms with Crippen molar-refractivity contribution in [1.29, 1.82) is 0 Å². The van der Waals surface area contributed by atoms with Crippen molar-refractivity contribution < 1.29 is 49.3 Å². The fraction of sp³-hybridized carbons (Fsp3) is 0.852. The molecule has 6 N–H and O–H groups in total. The number of hydrogen-bond donors (Lipinski definition) is 6. The number of hydrogen-bond acceptors (Lipinski definition) is 10. The third-order valence-corrected chi connectivity index (χ3v) is 18.6. The Morgan fingerprint density at radius 3 is 1.12 bits per heavy atom. The van der Waals surface area contributed by atoms with Gasteiger partial charge in [-0.15, -0.1) is 0 Å². The first-order valence-electron chi connectivity index (χ1n) is 39.6. The van der Waals surface area contributed by atoms with E-state index >= 15 is 0 Å². The van der Waals surface area contributed by atoms with Crippen LogP contribution in [0.3, 0.4) is 0 Å². The van der Waals surface area contributed by atoms with Gasteiger partial charge in [0.15, 0.2) is 6.29 Å². The molecule has 0 bridgehead atoms. The SMILES string of the molecule is CCCCC/C=C\C/C=C\CCCCCCCCCC(=O)OCCCCCCCCCCCCCCC/C=C\C/C=C\CCCCCCCCCCCCCCCCCCCC(=O)NC(COC1OC(CO)C(O)C(O)C1O)C(O)/C=C/CCCCCCCCCC. The van der Waals surface area contributed by atoms with E-state index in [1.165, 1.54) is 283 Å². The number of allylic oxidation sites excluding steroid dienone is 9. The summed E-state index contributed by atoms with van der Waals surface area (Å²) in [6.45, 7) is 4.33. The average molecular weight is 1300 g/mol. The quantitative estimate of drug-likeness (QED) is 0.0195. The molecule has 1 aliphatic heterocycles. The third-order valence-electron chi connectivity index (χ3n) is 18.6. The van der Waals surface area contributed by atoms with Crippen molar-refractivity contribution in [2.45, 2.75) is 423 Å². The summed E-state index contributed by atoms with van der Waals surface area (Å²) in [6.07, 6.45) is 84.0. The van der Waals surface area contributed by atoms with Crippen LogP contribution in [0.4, 0.5) is 0 Å². The predicted octanol–water partition coefficient (Wildman–Crippen LogP) is 21.2. The standard InChI is InChI=1S/C81H149NO10/c1-3-5-7-9-11-13-15-16-17-39-43-46-49-53-57-61-65-69-77(86)90-70-66-62-58-54-50-47-44-41-38-36-34-32-30-28-26-24-22-20-18-19-21-23-25-27-29-31-33-35-37-40-42-45-48-52-56-60-64-68-76(85)82-73(72-91-81-80(89)79(88)78(87)75(71-83)92-81)74(84)67-63-59-55-51-14-12-10-8-6-4-2/h11,13,16-18,20,24,26,63,67,73-75,78-81,83-84,87-89H,3-10,12,14-15,19,21-23,25,27-62,64-66,68-72H2,1-2H3,(H,82,85)/b13-11-,17-16-,20-18-,26-24-,67-63+. The van der Waals surface area contributed by atoms with Gasteiger partial charge in [-0.3, -0.25) is 9.59 Å². The molecule has 0 aromatic heterocycles. The van der Waals surface area contributed by atoms with E-state index in [0.29, 0.717) is 19.4 Å². The van der Waals surface area contributed by atoms with Crippen LogP contribution in [-0.2, 0) is 23.8 Å². The van der Waals surface area contributed by atoms with Crippen LogP contribution in [0.1, 0.15) is 380 Å². The van der Waals surface area contributed by atoms with Crippen LogP contribution >= 0.6 is 0 Å². The molecule has 538 valence electrons. The molecule has 92 heavy (non-hydrogen) atoms. The molecule has 0 aromatic rings. The summed E-state index contributed by atoms with van der Waals surface area (Å²) >= 11 is 0. The van der Waals surface area contributed by atoms with Gasteiger partial charge in [-0.2, -0.15) is 0 Å². The Hall–Kier alpha value is -2.64. The van der Waals surface area contributed by atoms with Gasteiger partial charge in [0.2, 0.25) is 5.91 Å². The zero-order valence-electron chi connectivity index (χ0n) is 60.0. The van der Waals surface area contributed by atoms with Crippen LogP contribution in [0.15, 0.2) is 60.8 Å². The molecule has 7 unspecified atom stereocenters. The fourth-order valence-corrected chi connectivity index (χ4v) is 12.4. The number of aliphatic hydroxyl groups is 5. The molecule has 0 saturated carbocycles. The van der Waals surface area contributed by atoms with Crippen molar-refractivity contribution in [1.82, 2.24) is 5.32 Å². The summed E-state index contributed by atoms with van der Waals surface area (Å²) < 4.78 is 16.7. The van der Waals surface area contributed by atoms with Crippen LogP contribution in [0.25, 0.3) is 0 Å². The molecule has 11 nitrogen and oxygen atoms in total. The molecule has 7 atom stereocenters. The van der Waals surface area contributed by atoms with E-state index in [1.807, 2.05) is 6.08 Å². The lowest BCUT2D eigenvalue weighted by molar-refractivity contribution is -0.302. The van der Waals surface area contributed by atoms with E-state index < -0.39 is 49.5 Å². The van der Waals surface area contributed by atoms with Crippen molar-refractivity contribution in [3.05, 3.63) is 60.8 Å². The van der Waals surface area contributed by atoms with Crippen molar-refractivity contribution in [2.24, 2.45) is 0 Å². The second kappa shape index (κ2) is 69.7. The van der Waals surface area contributed by atoms with Crippen LogP contribution in [-0.4, -0.2) is 100 Å². The van der Waals surface area contributed by atoms with Gasteiger partial charge in [0.05, 0.1) is 32.0 Å². The monoisotopic (exact) mass is 1300 g/mol. The number of esters is 1. The lowest BCUT2D eigenvalue weighted by Gasteiger charge is -2.40. The summed E-state index contributed by atoms with van der Waals surface area (Å²) in [5.41, 5.74) is 0. The Bertz CT molecular complexity index is 1710. The third kappa shape index (κ3) is 57.6. The van der Waals surface area contributed by atoms with Gasteiger partial charge < -0.3 is 45.1 Å². The van der Waals surface area contributed by atoms with Gasteiger partial charge in [0.1, 0.15) is 24.4 Å². The number of ether oxygens (including phenoxy) is 3. The van der Waals surface area contributed by atoms with Gasteiger partial charge in [0, 0.05) is 12.8 Å². The number of rotatable bonds is 70. The molecule has 0 radical (unpaired) electrons. The van der Waals surface area contributed by atoms with E-state index in [1.54, 1.807) is 6.08 Å². The average Bonchev–Trinajstić information content (AvgIpc) is 0.954. The highest BCUT2D eigenvalue weighted by Crippen LogP contribution is 2.24. The Morgan fingerprint density at radius 1 is 0.402 bits per heavy atom. The summed E-state index contributed by atoms with van der Waals surface area (Å²) in [5.74, 6) is -0.174. The molecular formula is C81H149NO10. The molecular weight excluding hydrogens is 1150 g/mol. The second-order valence-corrected chi connectivity index (χ2v) is 27.4. The number of nitrogens with one attached hydrogen (secondary N) is 1. The molecule has 11 heteroatoms. The Balaban J connectivity index is 1.88. The zero-order valence-corrected chi connectivity index (χ0v) is 60.0. The van der Waals surface area contributed by atoms with Crippen LogP contribution in [0, 0.1) is 0 Å². The highest BCUT2D eigenvalue weighted by atomic mass is 16.7. The van der Waals surface area contributed by atoms with E-state index in [4.69, 9.17) is 14.2 Å². The maximum atomic E-state index is 13.0. The highest BCUT2D eigenvalue weighted by Gasteiger charge is 2.44. The van der Waals surface area contributed by atoms with E-state index in [0.717, 1.165) is 70.6 Å². The summed E-state index contributed by atoms with van der Waals surface area (Å²) in [6, 6.07) is -0.808. The Kier molecular flexibility index (Phi) is 66.2. The Labute approximate surface area is 567 Å². The lowest BCUT2D eigenvalue weighted by Crippen LogP contribution is -2.60. The largest absolute Gasteiger partial charge is 0.466 e. The number of amides is 1. The van der Waals surface area contributed by atoms with Crippen molar-refractivity contribution in [2.75, 3.05) is 19.8 Å². The Morgan fingerprint density at radius 2 is 0.728 bits per heavy atom. The molecule has 0 spiro atoms. The van der Waals surface area contributed by atoms with Gasteiger partial charge in [-0.05, 0) is 96.3 Å². The maximum absolute atomic E-state index is 13.0. The molecule has 0 aliphatic carbocycles. The highest BCUT2D eigenvalue weighted by molar-refractivity contribution is 5.76. The maximum Gasteiger partial charge on any atom is 0.305 e. The van der Waals surface area contributed by atoms with E-state index in [2.05, 4.69) is 67.8 Å². The predicted molar refractivity (Wildman–Crippen MR) is 389 cm³/mol. The summed E-state index contributed by atoms with van der Waals surface area (Å²) in [7, 11) is 0. The minimum Gasteiger partial charge on any atom is -0.466 e. The summed E-state index contributed by atoms with van der Waals surface area (Å²) in [4.78, 5) is 25.2. The second-order valence-electron chi connectivity index (χ2n) is 27.4. The molecule has 1 heterocycles. The fourth-order valence-electron chi connectivity index (χ4n) is 12.4. The van der Waals surface area contributed by atoms with Crippen molar-refractivity contribution in [3.8, 4) is 0 Å². The number of unbranched alkanes of at least 4 members (excludes halogenated alkanes) is 48. The smallest absolute Gasteiger partial charge is 0.305 e. The van der Waals surface area contributed by atoms with Crippen LogP contribution < -0.4 is 5.32 Å². The first-order valence-corrected chi connectivity index (χ1v) is 39.6. The lowest BCUT2D eigenvalue weighted by atomic mass is 9.99. The number of aliphatic hydroxyl groups excluding tert-OH is 5. The molecule has 0 aromatic carbocycles. The van der Waals surface area contributed by atoms with E-state index in [9.17, 15) is 35.1 Å². The normalized spacial score (nSPS) is 17.8. The minimum absolute atomic E-state index is 0.00487. The van der Waals surface area contributed by atoms with Gasteiger partial charge in [0.25, 0.3) is 0 Å². The first kappa shape index (κ1) is 87.4. The van der Waals surface area contributed by atoms with Gasteiger partial charge in [-0.25, -0.2) is 0 Å². The number of carbonyl (C=O) groups excluding carboxylic acids is 2. The van der Waals surface area contributed by atoms with Crippen molar-refractivity contribution >= 4 is 11.9 Å². The zero-order chi connectivity index (χ0) is 66.5. The number of carbonyl (C=O) groups is 2. The van der Waals surface area contributed by atoms with Gasteiger partial charge >= 0.3 is 5.97 Å². The minimum atomic E-state index is -1.57. The molecule has 1 amide bonds. The molecule has 1 aliphatic rings. The van der Waals surface area contributed by atoms with Crippen molar-refractivity contribution in [3.63, 3.8) is 0 Å².